The molecule has 0 aliphatic carbocycles. The maximum absolute atomic E-state index is 12.6. The molecular formula is C19H18ClN5O4. The highest BCUT2D eigenvalue weighted by Crippen LogP contribution is 2.25. The monoisotopic (exact) mass is 415 g/mol. The molecule has 0 radical (unpaired) electrons. The van der Waals surface area contributed by atoms with Crippen LogP contribution in [0.2, 0.25) is 5.02 Å². The molecule has 3 aromatic rings. The summed E-state index contributed by atoms with van der Waals surface area (Å²) < 4.78 is 1.36. The smallest absolute Gasteiger partial charge is 0.325 e. The quantitative estimate of drug-likeness (QED) is 0.589. The van der Waals surface area contributed by atoms with E-state index in [9.17, 15) is 19.2 Å². The largest absolute Gasteiger partial charge is 0.329 e. The van der Waals surface area contributed by atoms with Gasteiger partial charge in [0.1, 0.15) is 5.65 Å². The first-order valence-corrected chi connectivity index (χ1v) is 9.19. The van der Waals surface area contributed by atoms with E-state index in [0.29, 0.717) is 24.3 Å². The van der Waals surface area contributed by atoms with Crippen LogP contribution in [0.15, 0.2) is 40.1 Å². The number of rotatable bonds is 5. The van der Waals surface area contributed by atoms with Crippen LogP contribution in [-0.2, 0) is 11.3 Å². The number of aromatic nitrogens is 3. The average molecular weight is 416 g/mol. The van der Waals surface area contributed by atoms with Crippen LogP contribution in [0.4, 0.5) is 11.4 Å². The summed E-state index contributed by atoms with van der Waals surface area (Å²) in [5.41, 5.74) is 0.0424. The summed E-state index contributed by atoms with van der Waals surface area (Å²) in [6.07, 6.45) is 1.98. The van der Waals surface area contributed by atoms with Crippen molar-refractivity contribution in [2.75, 3.05) is 10.6 Å². The van der Waals surface area contributed by atoms with Crippen molar-refractivity contribution in [3.8, 4) is 0 Å². The molecule has 0 atom stereocenters. The summed E-state index contributed by atoms with van der Waals surface area (Å²) in [4.78, 5) is 54.3. The second-order valence-electron chi connectivity index (χ2n) is 6.34. The Labute approximate surface area is 169 Å². The van der Waals surface area contributed by atoms with Crippen LogP contribution >= 0.6 is 11.6 Å². The minimum absolute atomic E-state index is 0.143. The van der Waals surface area contributed by atoms with Crippen molar-refractivity contribution >= 4 is 45.8 Å². The van der Waals surface area contributed by atoms with Crippen LogP contribution in [-0.4, -0.2) is 26.3 Å². The van der Waals surface area contributed by atoms with Gasteiger partial charge in [0.05, 0.1) is 21.7 Å². The first-order chi connectivity index (χ1) is 13.8. The fourth-order valence-corrected chi connectivity index (χ4v) is 3.04. The maximum Gasteiger partial charge on any atom is 0.329 e. The predicted octanol–water partition coefficient (Wildman–Crippen LogP) is 2.36. The molecule has 0 saturated heterocycles. The molecule has 1 aromatic carbocycles. The Kier molecular flexibility index (Phi) is 5.79. The number of nitrogens with one attached hydrogen (secondary N) is 3. The van der Waals surface area contributed by atoms with Crippen molar-refractivity contribution in [3.05, 3.63) is 61.9 Å². The number of aromatic amines is 1. The number of carbonyl (C=O) groups excluding carboxylic acids is 2. The lowest BCUT2D eigenvalue weighted by molar-refractivity contribution is -0.114. The highest BCUT2D eigenvalue weighted by Gasteiger charge is 2.14. The number of H-pyrrole nitrogens is 1. The van der Waals surface area contributed by atoms with E-state index in [1.807, 2.05) is 6.92 Å². The normalized spacial score (nSPS) is 10.7. The zero-order valence-electron chi connectivity index (χ0n) is 15.7. The highest BCUT2D eigenvalue weighted by atomic mass is 35.5. The number of aryl methyl sites for hydroxylation is 1. The van der Waals surface area contributed by atoms with Gasteiger partial charge in [0, 0.05) is 25.4 Å². The van der Waals surface area contributed by atoms with Gasteiger partial charge in [0.15, 0.2) is 0 Å². The number of nitrogens with zero attached hydrogens (tertiary/aromatic N) is 2. The number of fused-ring (bicyclic) bond motifs is 1. The number of halogens is 1. The van der Waals surface area contributed by atoms with Gasteiger partial charge in [-0.15, -0.1) is 0 Å². The van der Waals surface area contributed by atoms with Crippen LogP contribution in [0, 0.1) is 0 Å². The first kappa shape index (κ1) is 20.3. The molecule has 2 amide bonds. The lowest BCUT2D eigenvalue weighted by Gasteiger charge is -2.10. The van der Waals surface area contributed by atoms with E-state index in [2.05, 4.69) is 20.6 Å². The molecule has 29 heavy (non-hydrogen) atoms. The molecule has 3 rings (SSSR count). The van der Waals surface area contributed by atoms with Crippen molar-refractivity contribution in [2.45, 2.75) is 26.8 Å². The van der Waals surface area contributed by atoms with Gasteiger partial charge >= 0.3 is 5.69 Å². The Morgan fingerprint density at radius 1 is 1.21 bits per heavy atom. The Hall–Kier alpha value is -3.46. The number of benzene rings is 1. The Morgan fingerprint density at radius 3 is 2.62 bits per heavy atom. The Morgan fingerprint density at radius 2 is 1.97 bits per heavy atom. The van der Waals surface area contributed by atoms with Gasteiger partial charge in [-0.2, -0.15) is 0 Å². The third kappa shape index (κ3) is 4.35. The van der Waals surface area contributed by atoms with Gasteiger partial charge in [-0.25, -0.2) is 9.78 Å². The maximum atomic E-state index is 12.6. The standard InChI is InChI=1S/C19H18ClN5O4/c1-3-6-25-16-13(18(28)24-19(25)29)7-11(9-21-16)17(27)23-12-4-5-15(14(20)8-12)22-10(2)26/h4-5,7-9H,3,6H2,1-2H3,(H,22,26)(H,23,27)(H,24,28,29). The SMILES string of the molecule is CCCn1c(=O)[nH]c(=O)c2cc(C(=O)Nc3ccc(NC(C)=O)c(Cl)c3)cnc21. The second kappa shape index (κ2) is 8.27. The van der Waals surface area contributed by atoms with Crippen molar-refractivity contribution in [1.29, 1.82) is 0 Å². The first-order valence-electron chi connectivity index (χ1n) is 8.81. The fraction of sp³-hybridized carbons (Fsp3) is 0.211. The third-order valence-electron chi connectivity index (χ3n) is 4.08. The number of carbonyl (C=O) groups is 2. The van der Waals surface area contributed by atoms with Crippen molar-refractivity contribution < 1.29 is 9.59 Å². The predicted molar refractivity (Wildman–Crippen MR) is 111 cm³/mol. The summed E-state index contributed by atoms with van der Waals surface area (Å²) >= 11 is 6.11. The molecule has 0 bridgehead atoms. The minimum Gasteiger partial charge on any atom is -0.325 e. The van der Waals surface area contributed by atoms with Crippen molar-refractivity contribution in [1.82, 2.24) is 14.5 Å². The highest BCUT2D eigenvalue weighted by molar-refractivity contribution is 6.34. The third-order valence-corrected chi connectivity index (χ3v) is 4.39. The molecule has 0 spiro atoms. The van der Waals surface area contributed by atoms with E-state index in [1.54, 1.807) is 12.1 Å². The van der Waals surface area contributed by atoms with Gasteiger partial charge in [-0.1, -0.05) is 18.5 Å². The van der Waals surface area contributed by atoms with E-state index < -0.39 is 17.2 Å². The zero-order chi connectivity index (χ0) is 21.1. The van der Waals surface area contributed by atoms with Crippen LogP contribution in [0.5, 0.6) is 0 Å². The number of anilines is 2. The van der Waals surface area contributed by atoms with Crippen LogP contribution in [0.3, 0.4) is 0 Å². The number of pyridine rings is 1. The Balaban J connectivity index is 1.92. The van der Waals surface area contributed by atoms with E-state index in [-0.39, 0.29) is 27.5 Å². The van der Waals surface area contributed by atoms with E-state index in [1.165, 1.54) is 29.8 Å². The molecule has 0 unspecified atom stereocenters. The molecule has 3 N–H and O–H groups in total. The van der Waals surface area contributed by atoms with Gasteiger partial charge in [-0.05, 0) is 30.7 Å². The molecule has 2 aromatic heterocycles. The summed E-state index contributed by atoms with van der Waals surface area (Å²) in [6, 6.07) is 6.02. The Bertz CT molecular complexity index is 1230. The molecular weight excluding hydrogens is 398 g/mol. The van der Waals surface area contributed by atoms with Crippen LogP contribution in [0.25, 0.3) is 11.0 Å². The van der Waals surface area contributed by atoms with E-state index >= 15 is 0 Å². The van der Waals surface area contributed by atoms with Gasteiger partial charge < -0.3 is 10.6 Å². The summed E-state index contributed by atoms with van der Waals surface area (Å²) in [7, 11) is 0. The average Bonchev–Trinajstić information content (AvgIpc) is 2.66. The molecule has 150 valence electrons. The molecule has 9 nitrogen and oxygen atoms in total. The van der Waals surface area contributed by atoms with Crippen LogP contribution < -0.4 is 21.9 Å². The van der Waals surface area contributed by atoms with Gasteiger partial charge in [-0.3, -0.25) is 23.9 Å². The molecule has 0 fully saturated rings. The molecule has 0 saturated carbocycles. The zero-order valence-corrected chi connectivity index (χ0v) is 16.5. The van der Waals surface area contributed by atoms with Gasteiger partial charge in [0.25, 0.3) is 11.5 Å². The van der Waals surface area contributed by atoms with Crippen molar-refractivity contribution in [3.63, 3.8) is 0 Å². The second-order valence-corrected chi connectivity index (χ2v) is 6.74. The summed E-state index contributed by atoms with van der Waals surface area (Å²) in [5.74, 6) is -0.770. The molecule has 10 heteroatoms. The topological polar surface area (TPSA) is 126 Å². The minimum atomic E-state index is -0.609. The summed E-state index contributed by atoms with van der Waals surface area (Å²) in [6.45, 7) is 3.65. The van der Waals surface area contributed by atoms with Gasteiger partial charge in [0.2, 0.25) is 5.91 Å². The van der Waals surface area contributed by atoms with E-state index in [0.717, 1.165) is 0 Å². The number of hydrogen-bond donors (Lipinski definition) is 3. The number of hydrogen-bond acceptors (Lipinski definition) is 5. The fourth-order valence-electron chi connectivity index (χ4n) is 2.81. The lowest BCUT2D eigenvalue weighted by atomic mass is 10.2. The summed E-state index contributed by atoms with van der Waals surface area (Å²) in [5, 5.41) is 5.63. The van der Waals surface area contributed by atoms with E-state index in [4.69, 9.17) is 11.6 Å². The van der Waals surface area contributed by atoms with Crippen LogP contribution in [0.1, 0.15) is 30.6 Å². The lowest BCUT2D eigenvalue weighted by Crippen LogP contribution is -2.31. The molecule has 2 heterocycles. The van der Waals surface area contributed by atoms with Crippen molar-refractivity contribution in [2.24, 2.45) is 0 Å². The number of amides is 2. The molecule has 0 aliphatic heterocycles. The molecule has 0 aliphatic rings.